The molecule has 0 atom stereocenters. The number of rotatable bonds is 83. The van der Waals surface area contributed by atoms with Crippen molar-refractivity contribution in [3.8, 4) is 0 Å². The first-order chi connectivity index (χ1) is 43.3. The number of unbranched alkanes of at least 4 members (excludes halogenated alkanes) is 81. The summed E-state index contributed by atoms with van der Waals surface area (Å²) in [6.07, 6.45) is 121. The Kier molecular flexibility index (Phi) is 83.0. The van der Waals surface area contributed by atoms with Gasteiger partial charge in [-0.05, 0) is 6.42 Å². The van der Waals surface area contributed by atoms with E-state index in [1.54, 1.807) is 0 Å². The monoisotopic (exact) mass is 1220 g/mol. The van der Waals surface area contributed by atoms with Crippen LogP contribution in [0.5, 0.6) is 0 Å². The summed E-state index contributed by atoms with van der Waals surface area (Å²) in [6.45, 7) is 2.32. The fourth-order valence-corrected chi connectivity index (χ4v) is 14.5. The molecule has 0 saturated heterocycles. The lowest BCUT2D eigenvalue weighted by molar-refractivity contribution is -0.118. The Bertz CT molecular complexity index is 1160. The van der Waals surface area contributed by atoms with E-state index in [1.165, 1.54) is 520 Å². The van der Waals surface area contributed by atoms with E-state index in [2.05, 4.69) is 6.92 Å². The third-order valence-corrected chi connectivity index (χ3v) is 20.8. The smallest absolute Gasteiger partial charge is 0.217 e. The largest absolute Gasteiger partial charge is 0.370 e. The molecular formula is C85H171NO. The topological polar surface area (TPSA) is 43.1 Å². The Morgan fingerprint density at radius 2 is 0.207 bits per heavy atom. The molecule has 0 aromatic heterocycles. The third kappa shape index (κ3) is 85.5. The third-order valence-electron chi connectivity index (χ3n) is 20.8. The van der Waals surface area contributed by atoms with E-state index >= 15 is 0 Å². The predicted octanol–water partition coefficient (Wildman–Crippen LogP) is 31.9. The van der Waals surface area contributed by atoms with Gasteiger partial charge in [-0.25, -0.2) is 0 Å². The van der Waals surface area contributed by atoms with Crippen LogP contribution in [0.2, 0.25) is 0 Å². The van der Waals surface area contributed by atoms with Gasteiger partial charge in [-0.15, -0.1) is 0 Å². The van der Waals surface area contributed by atoms with Gasteiger partial charge in [0.1, 0.15) is 0 Å². The SMILES string of the molecule is CCCCCCCCCCCCCCCCCCCCCCCCCCCCCCCCCCCCCCCCCCCCCCCCCCCCCCCCCCCCCCCCCCCCCCCCCCCCCCCCCCCCC(N)=O. The molecule has 0 aromatic carbocycles. The molecule has 0 rings (SSSR count). The van der Waals surface area contributed by atoms with E-state index in [4.69, 9.17) is 5.73 Å². The Hall–Kier alpha value is -0.530. The van der Waals surface area contributed by atoms with E-state index in [0.29, 0.717) is 6.42 Å². The molecule has 0 spiro atoms. The maximum Gasteiger partial charge on any atom is 0.217 e. The number of hydrogen-bond donors (Lipinski definition) is 1. The summed E-state index contributed by atoms with van der Waals surface area (Å²) in [5.41, 5.74) is 5.21. The highest BCUT2D eigenvalue weighted by molar-refractivity contribution is 5.73. The average Bonchev–Trinajstić information content (AvgIpc) is 3.52. The standard InChI is InChI=1S/C85H171NO/c1-2-3-4-5-6-7-8-9-10-11-12-13-14-15-16-17-18-19-20-21-22-23-24-25-26-27-28-29-30-31-32-33-34-35-36-37-38-39-40-41-42-43-44-45-46-47-48-49-50-51-52-53-54-55-56-57-58-59-60-61-62-63-64-65-66-67-68-69-70-71-72-73-74-75-76-77-78-79-80-81-82-83-84-85(86)87/h2-84H2,1H3,(H2,86,87). The van der Waals surface area contributed by atoms with Gasteiger partial charge in [0, 0.05) is 6.42 Å². The van der Waals surface area contributed by atoms with Crippen LogP contribution in [0.4, 0.5) is 0 Å². The molecule has 0 heterocycles. The fourth-order valence-electron chi connectivity index (χ4n) is 14.5. The molecule has 0 aliphatic heterocycles. The lowest BCUT2D eigenvalue weighted by atomic mass is 10.0. The van der Waals surface area contributed by atoms with Crippen LogP contribution in [0.1, 0.15) is 540 Å². The van der Waals surface area contributed by atoms with Gasteiger partial charge >= 0.3 is 0 Å². The molecule has 0 aliphatic rings. The van der Waals surface area contributed by atoms with Crippen molar-refractivity contribution in [2.45, 2.75) is 540 Å². The highest BCUT2D eigenvalue weighted by Gasteiger charge is 2.03. The predicted molar refractivity (Wildman–Crippen MR) is 398 cm³/mol. The first kappa shape index (κ1) is 86.5. The molecule has 0 radical (unpaired) electrons. The zero-order chi connectivity index (χ0) is 62.3. The molecule has 522 valence electrons. The molecule has 2 nitrogen and oxygen atoms in total. The van der Waals surface area contributed by atoms with Gasteiger partial charge in [0.05, 0.1) is 0 Å². The molecule has 0 unspecified atom stereocenters. The number of hydrogen-bond acceptors (Lipinski definition) is 1. The van der Waals surface area contributed by atoms with E-state index in [-0.39, 0.29) is 5.91 Å². The lowest BCUT2D eigenvalue weighted by Gasteiger charge is -2.05. The zero-order valence-electron chi connectivity index (χ0n) is 61.2. The molecule has 2 heteroatoms. The number of nitrogens with two attached hydrogens (primary N) is 1. The maximum atomic E-state index is 10.8. The van der Waals surface area contributed by atoms with Crippen molar-refractivity contribution in [1.82, 2.24) is 0 Å². The molecule has 1 amide bonds. The summed E-state index contributed by atoms with van der Waals surface area (Å²) in [5, 5.41) is 0. The van der Waals surface area contributed by atoms with Crippen molar-refractivity contribution in [2.24, 2.45) is 5.73 Å². The molecule has 87 heavy (non-hydrogen) atoms. The second-order valence-electron chi connectivity index (χ2n) is 29.9. The van der Waals surface area contributed by atoms with E-state index in [9.17, 15) is 4.79 Å². The summed E-state index contributed by atoms with van der Waals surface area (Å²) in [7, 11) is 0. The van der Waals surface area contributed by atoms with Crippen LogP contribution < -0.4 is 5.73 Å². The number of carbonyl (C=O) groups is 1. The van der Waals surface area contributed by atoms with Gasteiger partial charge in [0.15, 0.2) is 0 Å². The summed E-state index contributed by atoms with van der Waals surface area (Å²) in [5.74, 6) is -0.145. The van der Waals surface area contributed by atoms with Gasteiger partial charge in [-0.1, -0.05) is 527 Å². The molecule has 0 aliphatic carbocycles. The first-order valence-electron chi connectivity index (χ1n) is 42.6. The summed E-state index contributed by atoms with van der Waals surface area (Å²) < 4.78 is 0. The Morgan fingerprint density at radius 1 is 0.138 bits per heavy atom. The van der Waals surface area contributed by atoms with Crippen LogP contribution in [-0.2, 0) is 4.79 Å². The Balaban J connectivity index is 3.09. The molecule has 0 saturated carbocycles. The van der Waals surface area contributed by atoms with E-state index in [1.807, 2.05) is 0 Å². The summed E-state index contributed by atoms with van der Waals surface area (Å²) in [4.78, 5) is 10.8. The van der Waals surface area contributed by atoms with Gasteiger partial charge < -0.3 is 5.73 Å². The minimum Gasteiger partial charge on any atom is -0.370 e. The van der Waals surface area contributed by atoms with Crippen molar-refractivity contribution in [3.05, 3.63) is 0 Å². The van der Waals surface area contributed by atoms with Crippen LogP contribution in [0.15, 0.2) is 0 Å². The first-order valence-corrected chi connectivity index (χ1v) is 42.6. The lowest BCUT2D eigenvalue weighted by Crippen LogP contribution is -2.09. The Labute approximate surface area is 553 Å². The molecular weight excluding hydrogens is 1050 g/mol. The zero-order valence-corrected chi connectivity index (χ0v) is 61.2. The van der Waals surface area contributed by atoms with E-state index < -0.39 is 0 Å². The molecule has 2 N–H and O–H groups in total. The maximum absolute atomic E-state index is 10.8. The van der Waals surface area contributed by atoms with Crippen molar-refractivity contribution in [3.63, 3.8) is 0 Å². The van der Waals surface area contributed by atoms with Crippen molar-refractivity contribution < 1.29 is 4.79 Å². The van der Waals surface area contributed by atoms with Gasteiger partial charge in [0.25, 0.3) is 0 Å². The van der Waals surface area contributed by atoms with Crippen molar-refractivity contribution in [2.75, 3.05) is 0 Å². The second kappa shape index (κ2) is 83.5. The quantitative estimate of drug-likeness (QED) is 0.0606. The van der Waals surface area contributed by atoms with Crippen molar-refractivity contribution >= 4 is 5.91 Å². The fraction of sp³-hybridized carbons (Fsp3) is 0.988. The minimum absolute atomic E-state index is 0.145. The molecule has 0 aromatic rings. The number of primary amides is 1. The highest BCUT2D eigenvalue weighted by atomic mass is 16.1. The molecule has 0 fully saturated rings. The second-order valence-corrected chi connectivity index (χ2v) is 29.9. The van der Waals surface area contributed by atoms with Gasteiger partial charge in [0.2, 0.25) is 5.91 Å². The van der Waals surface area contributed by atoms with Crippen LogP contribution >= 0.6 is 0 Å². The van der Waals surface area contributed by atoms with Crippen LogP contribution in [-0.4, -0.2) is 5.91 Å². The van der Waals surface area contributed by atoms with Crippen LogP contribution in [0.25, 0.3) is 0 Å². The highest BCUT2D eigenvalue weighted by Crippen LogP contribution is 2.22. The number of amides is 1. The Morgan fingerprint density at radius 3 is 0.276 bits per heavy atom. The van der Waals surface area contributed by atoms with E-state index in [0.717, 1.165) is 6.42 Å². The average molecular weight is 1220 g/mol. The van der Waals surface area contributed by atoms with Crippen LogP contribution in [0, 0.1) is 0 Å². The van der Waals surface area contributed by atoms with Gasteiger partial charge in [-0.3, -0.25) is 4.79 Å². The number of carbonyl (C=O) groups excluding carboxylic acids is 1. The molecule has 0 bridgehead atoms. The minimum atomic E-state index is -0.145. The normalized spacial score (nSPS) is 11.7. The van der Waals surface area contributed by atoms with Crippen LogP contribution in [0.3, 0.4) is 0 Å². The van der Waals surface area contributed by atoms with Gasteiger partial charge in [-0.2, -0.15) is 0 Å². The van der Waals surface area contributed by atoms with Crippen molar-refractivity contribution in [1.29, 1.82) is 0 Å². The summed E-state index contributed by atoms with van der Waals surface area (Å²) in [6, 6.07) is 0. The summed E-state index contributed by atoms with van der Waals surface area (Å²) >= 11 is 0.